The number of rotatable bonds is 4. The Morgan fingerprint density at radius 1 is 1.20 bits per heavy atom. The second-order valence-corrected chi connectivity index (χ2v) is 7.77. The average Bonchev–Trinajstić information content (AvgIpc) is 3.04. The van der Waals surface area contributed by atoms with Gasteiger partial charge in [-0.2, -0.15) is 0 Å². The first-order valence-electron chi connectivity index (χ1n) is 9.49. The fraction of sp³-hybridized carbons (Fsp3) is 0.174. The van der Waals surface area contributed by atoms with Gasteiger partial charge in [-0.1, -0.05) is 53.8 Å². The van der Waals surface area contributed by atoms with E-state index in [1.807, 2.05) is 30.3 Å². The summed E-state index contributed by atoms with van der Waals surface area (Å²) in [5.74, 6) is -0.826. The van der Waals surface area contributed by atoms with Crippen molar-refractivity contribution in [3.05, 3.63) is 102 Å². The van der Waals surface area contributed by atoms with Gasteiger partial charge in [0.1, 0.15) is 5.82 Å². The molecule has 0 saturated carbocycles. The van der Waals surface area contributed by atoms with Crippen molar-refractivity contribution >= 4 is 23.4 Å². The lowest BCUT2D eigenvalue weighted by Gasteiger charge is -2.24. The van der Waals surface area contributed by atoms with Crippen LogP contribution in [-0.2, 0) is 9.53 Å². The van der Waals surface area contributed by atoms with Gasteiger partial charge in [-0.3, -0.25) is 9.36 Å². The maximum atomic E-state index is 13.3. The molecule has 1 aliphatic rings. The van der Waals surface area contributed by atoms with E-state index in [1.165, 1.54) is 28.0 Å². The average molecular weight is 422 g/mol. The molecule has 2 aromatic carbocycles. The lowest BCUT2D eigenvalue weighted by molar-refractivity contribution is -0.139. The molecule has 3 aromatic rings. The summed E-state index contributed by atoms with van der Waals surface area (Å²) in [5.41, 5.74) is 2.12. The van der Waals surface area contributed by atoms with E-state index in [4.69, 9.17) is 4.74 Å². The molecule has 152 valence electrons. The number of esters is 1. The van der Waals surface area contributed by atoms with Gasteiger partial charge in [0.15, 0.2) is 4.80 Å². The number of hydrogen-bond acceptors (Lipinski definition) is 5. The molecule has 30 heavy (non-hydrogen) atoms. The summed E-state index contributed by atoms with van der Waals surface area (Å²) < 4.78 is 20.5. The highest BCUT2D eigenvalue weighted by Gasteiger charge is 2.33. The summed E-state index contributed by atoms with van der Waals surface area (Å²) in [6, 6.07) is 14.6. The molecule has 0 aliphatic carbocycles. The zero-order valence-electron chi connectivity index (χ0n) is 16.5. The van der Waals surface area contributed by atoms with Crippen molar-refractivity contribution in [2.24, 2.45) is 4.99 Å². The van der Waals surface area contributed by atoms with Gasteiger partial charge in [0.05, 0.1) is 28.5 Å². The Labute approximate surface area is 176 Å². The summed E-state index contributed by atoms with van der Waals surface area (Å²) in [6.07, 6.45) is 1.70. The predicted molar refractivity (Wildman–Crippen MR) is 113 cm³/mol. The third-order valence-electron chi connectivity index (χ3n) is 4.80. The molecule has 0 spiro atoms. The Bertz CT molecular complexity index is 1310. The van der Waals surface area contributed by atoms with Crippen LogP contribution in [0.5, 0.6) is 0 Å². The van der Waals surface area contributed by atoms with E-state index in [0.29, 0.717) is 26.2 Å². The highest BCUT2D eigenvalue weighted by atomic mass is 32.1. The van der Waals surface area contributed by atoms with Gasteiger partial charge in [0.2, 0.25) is 0 Å². The third kappa shape index (κ3) is 3.64. The van der Waals surface area contributed by atoms with E-state index in [-0.39, 0.29) is 18.0 Å². The minimum Gasteiger partial charge on any atom is -0.463 e. The number of halogens is 1. The summed E-state index contributed by atoms with van der Waals surface area (Å²) in [7, 11) is 0. The SMILES string of the molecule is CCOC(=O)C1=C(C)N=c2sc(=Cc3ccc(F)cc3)c(=O)n2C1c1ccccc1. The lowest BCUT2D eigenvalue weighted by atomic mass is 9.96. The van der Waals surface area contributed by atoms with E-state index in [0.717, 1.165) is 5.56 Å². The summed E-state index contributed by atoms with van der Waals surface area (Å²) in [5, 5.41) is 0. The lowest BCUT2D eigenvalue weighted by Crippen LogP contribution is -2.39. The van der Waals surface area contributed by atoms with Gasteiger partial charge >= 0.3 is 5.97 Å². The predicted octanol–water partition coefficient (Wildman–Crippen LogP) is 2.94. The van der Waals surface area contributed by atoms with Gasteiger partial charge in [0.25, 0.3) is 5.56 Å². The molecule has 0 N–H and O–H groups in total. The molecule has 0 saturated heterocycles. The normalized spacial score (nSPS) is 16.2. The fourth-order valence-corrected chi connectivity index (χ4v) is 4.50. The van der Waals surface area contributed by atoms with Crippen molar-refractivity contribution < 1.29 is 13.9 Å². The van der Waals surface area contributed by atoms with Crippen molar-refractivity contribution in [3.8, 4) is 0 Å². The molecule has 0 bridgehead atoms. The second kappa shape index (κ2) is 8.20. The number of ether oxygens (including phenoxy) is 1. The van der Waals surface area contributed by atoms with E-state index >= 15 is 0 Å². The zero-order chi connectivity index (χ0) is 21.3. The van der Waals surface area contributed by atoms with E-state index in [2.05, 4.69) is 4.99 Å². The van der Waals surface area contributed by atoms with Crippen molar-refractivity contribution in [2.75, 3.05) is 6.61 Å². The van der Waals surface area contributed by atoms with Crippen LogP contribution in [0.3, 0.4) is 0 Å². The maximum absolute atomic E-state index is 13.3. The smallest absolute Gasteiger partial charge is 0.338 e. The molecular formula is C23H19FN2O3S. The molecule has 0 radical (unpaired) electrons. The van der Waals surface area contributed by atoms with Gasteiger partial charge in [-0.05, 0) is 43.2 Å². The Morgan fingerprint density at radius 2 is 1.90 bits per heavy atom. The number of hydrogen-bond donors (Lipinski definition) is 0. The topological polar surface area (TPSA) is 60.7 Å². The van der Waals surface area contributed by atoms with Crippen LogP contribution < -0.4 is 14.9 Å². The number of carbonyl (C=O) groups excluding carboxylic acids is 1. The molecule has 1 unspecified atom stereocenters. The van der Waals surface area contributed by atoms with Crippen LogP contribution in [0.4, 0.5) is 4.39 Å². The molecule has 4 rings (SSSR count). The molecule has 0 amide bonds. The zero-order valence-corrected chi connectivity index (χ0v) is 17.3. The highest BCUT2D eigenvalue weighted by Crippen LogP contribution is 2.30. The van der Waals surface area contributed by atoms with E-state index in [9.17, 15) is 14.0 Å². The van der Waals surface area contributed by atoms with E-state index < -0.39 is 12.0 Å². The van der Waals surface area contributed by atoms with Crippen molar-refractivity contribution in [2.45, 2.75) is 19.9 Å². The molecular weight excluding hydrogens is 403 g/mol. The number of fused-ring (bicyclic) bond motifs is 1. The molecule has 5 nitrogen and oxygen atoms in total. The highest BCUT2D eigenvalue weighted by molar-refractivity contribution is 7.07. The van der Waals surface area contributed by atoms with Crippen LogP contribution in [0.15, 0.2) is 75.7 Å². The Morgan fingerprint density at radius 3 is 2.57 bits per heavy atom. The quantitative estimate of drug-likeness (QED) is 0.608. The van der Waals surface area contributed by atoms with Crippen LogP contribution in [0.25, 0.3) is 6.08 Å². The second-order valence-electron chi connectivity index (χ2n) is 6.76. The van der Waals surface area contributed by atoms with Gasteiger partial charge in [-0.15, -0.1) is 0 Å². The molecule has 0 fully saturated rings. The number of benzene rings is 2. The first kappa shape index (κ1) is 20.0. The number of aromatic nitrogens is 1. The summed E-state index contributed by atoms with van der Waals surface area (Å²) in [4.78, 5) is 31.1. The number of nitrogens with zero attached hydrogens (tertiary/aromatic N) is 2. The monoisotopic (exact) mass is 422 g/mol. The van der Waals surface area contributed by atoms with Crippen LogP contribution >= 0.6 is 11.3 Å². The van der Waals surface area contributed by atoms with Crippen LogP contribution in [0.1, 0.15) is 31.0 Å². The largest absolute Gasteiger partial charge is 0.463 e. The van der Waals surface area contributed by atoms with Gasteiger partial charge in [-0.25, -0.2) is 14.2 Å². The minimum absolute atomic E-state index is 0.228. The molecule has 1 aromatic heterocycles. The van der Waals surface area contributed by atoms with Crippen molar-refractivity contribution in [1.82, 2.24) is 4.57 Å². The van der Waals surface area contributed by atoms with Crippen molar-refractivity contribution in [1.29, 1.82) is 0 Å². The van der Waals surface area contributed by atoms with Crippen LogP contribution in [0.2, 0.25) is 0 Å². The summed E-state index contributed by atoms with van der Waals surface area (Å²) >= 11 is 1.24. The Kier molecular flexibility index (Phi) is 5.46. The van der Waals surface area contributed by atoms with Crippen LogP contribution in [-0.4, -0.2) is 17.1 Å². The third-order valence-corrected chi connectivity index (χ3v) is 5.78. The standard InChI is InChI=1S/C23H19FN2O3S/c1-3-29-22(28)19-14(2)25-23-26(20(19)16-7-5-4-6-8-16)21(27)18(30-23)13-15-9-11-17(24)12-10-15/h4-13,20H,3H2,1-2H3. The first-order valence-corrected chi connectivity index (χ1v) is 10.3. The maximum Gasteiger partial charge on any atom is 0.338 e. The van der Waals surface area contributed by atoms with Gasteiger partial charge in [0, 0.05) is 0 Å². The molecule has 1 atom stereocenters. The summed E-state index contributed by atoms with van der Waals surface area (Å²) in [6.45, 7) is 3.72. The molecule has 1 aliphatic heterocycles. The Hall–Kier alpha value is -3.32. The molecule has 2 heterocycles. The minimum atomic E-state index is -0.628. The molecule has 7 heteroatoms. The van der Waals surface area contributed by atoms with Gasteiger partial charge < -0.3 is 4.74 Å². The van der Waals surface area contributed by atoms with Crippen LogP contribution in [0, 0.1) is 5.82 Å². The van der Waals surface area contributed by atoms with Crippen molar-refractivity contribution in [3.63, 3.8) is 0 Å². The fourth-order valence-electron chi connectivity index (χ4n) is 3.45. The number of carbonyl (C=O) groups is 1. The number of thiazole rings is 1. The first-order chi connectivity index (χ1) is 14.5. The van der Waals surface area contributed by atoms with E-state index in [1.54, 1.807) is 32.1 Å². The number of allylic oxidation sites excluding steroid dienone is 1. The Balaban J connectivity index is 1.94.